The molecule has 5 nitrogen and oxygen atoms in total. The average Bonchev–Trinajstić information content (AvgIpc) is 2.65. The third kappa shape index (κ3) is 4.61. The number of pyridine rings is 1. The first-order chi connectivity index (χ1) is 13.3. The van der Waals surface area contributed by atoms with Crippen molar-refractivity contribution in [2.24, 2.45) is 5.92 Å². The molecule has 0 fully saturated rings. The van der Waals surface area contributed by atoms with Crippen molar-refractivity contribution in [1.29, 1.82) is 0 Å². The van der Waals surface area contributed by atoms with Crippen LogP contribution in [0, 0.1) is 5.92 Å². The van der Waals surface area contributed by atoms with Crippen LogP contribution in [0.5, 0.6) is 0 Å². The monoisotopic (exact) mass is 415 g/mol. The lowest BCUT2D eigenvalue weighted by Crippen LogP contribution is -2.47. The summed E-state index contributed by atoms with van der Waals surface area (Å²) in [5.41, 5.74) is 1.03. The average molecular weight is 416 g/mol. The predicted octanol–water partition coefficient (Wildman–Crippen LogP) is 4.93. The Morgan fingerprint density at radius 1 is 1.00 bits per heavy atom. The van der Waals surface area contributed by atoms with Crippen molar-refractivity contribution < 1.29 is 9.59 Å². The number of benzene rings is 2. The number of nitrogens with one attached hydrogen (secondary N) is 2. The molecule has 0 spiro atoms. The normalized spacial score (nSPS) is 12.0. The van der Waals surface area contributed by atoms with E-state index in [0.717, 1.165) is 10.9 Å². The highest BCUT2D eigenvalue weighted by Gasteiger charge is 2.26. The van der Waals surface area contributed by atoms with Crippen LogP contribution in [0.25, 0.3) is 10.9 Å². The van der Waals surface area contributed by atoms with Gasteiger partial charge in [0.15, 0.2) is 0 Å². The Bertz CT molecular complexity index is 1040. The number of aromatic nitrogens is 1. The molecule has 1 atom stereocenters. The second kappa shape index (κ2) is 8.59. The van der Waals surface area contributed by atoms with Gasteiger partial charge in [0.2, 0.25) is 5.91 Å². The number of para-hydroxylation sites is 1. The zero-order valence-electron chi connectivity index (χ0n) is 15.4. The number of carbonyl (C=O) groups excluding carboxylic acids is 2. The van der Waals surface area contributed by atoms with E-state index in [2.05, 4.69) is 15.6 Å². The predicted molar refractivity (Wildman–Crippen MR) is 113 cm³/mol. The Kier molecular flexibility index (Phi) is 6.17. The summed E-state index contributed by atoms with van der Waals surface area (Å²) in [5, 5.41) is 7.16. The van der Waals surface area contributed by atoms with E-state index in [4.69, 9.17) is 23.2 Å². The fraction of sp³-hybridized carbons (Fsp3) is 0.190. The van der Waals surface area contributed by atoms with E-state index in [9.17, 15) is 9.59 Å². The van der Waals surface area contributed by atoms with Crippen LogP contribution in [0.1, 0.15) is 24.2 Å². The van der Waals surface area contributed by atoms with E-state index in [-0.39, 0.29) is 22.4 Å². The van der Waals surface area contributed by atoms with Gasteiger partial charge in [0, 0.05) is 10.4 Å². The van der Waals surface area contributed by atoms with Crippen molar-refractivity contribution in [3.63, 3.8) is 0 Å². The highest BCUT2D eigenvalue weighted by Crippen LogP contribution is 2.21. The van der Waals surface area contributed by atoms with Gasteiger partial charge >= 0.3 is 0 Å². The van der Waals surface area contributed by atoms with Crippen LogP contribution in [-0.2, 0) is 4.79 Å². The summed E-state index contributed by atoms with van der Waals surface area (Å²) in [5.74, 6) is -0.512. The molecule has 0 aliphatic rings. The van der Waals surface area contributed by atoms with E-state index in [1.807, 2.05) is 44.2 Å². The molecule has 3 rings (SSSR count). The molecule has 0 aliphatic carbocycles. The summed E-state index contributed by atoms with van der Waals surface area (Å²) in [6.07, 6.45) is 0. The molecule has 7 heteroatoms. The quantitative estimate of drug-likeness (QED) is 0.619. The van der Waals surface area contributed by atoms with Gasteiger partial charge in [0.25, 0.3) is 5.91 Å². The van der Waals surface area contributed by atoms with Gasteiger partial charge in [-0.25, -0.2) is 4.98 Å². The molecule has 0 bridgehead atoms. The maximum absolute atomic E-state index is 12.8. The van der Waals surface area contributed by atoms with Gasteiger partial charge in [-0.05, 0) is 42.3 Å². The summed E-state index contributed by atoms with van der Waals surface area (Å²) in [4.78, 5) is 29.8. The van der Waals surface area contributed by atoms with E-state index < -0.39 is 11.9 Å². The molecule has 28 heavy (non-hydrogen) atoms. The fourth-order valence-electron chi connectivity index (χ4n) is 2.77. The van der Waals surface area contributed by atoms with Crippen LogP contribution in [0.15, 0.2) is 54.6 Å². The van der Waals surface area contributed by atoms with Crippen LogP contribution in [0.2, 0.25) is 10.0 Å². The number of hydrogen-bond donors (Lipinski definition) is 2. The molecule has 1 heterocycles. The second-order valence-electron chi connectivity index (χ2n) is 6.70. The lowest BCUT2D eigenvalue weighted by molar-refractivity contribution is -0.118. The number of carbonyl (C=O) groups is 2. The largest absolute Gasteiger partial charge is 0.340 e. The molecule has 3 aromatic rings. The van der Waals surface area contributed by atoms with Crippen molar-refractivity contribution >= 4 is 51.7 Å². The maximum atomic E-state index is 12.8. The van der Waals surface area contributed by atoms with E-state index in [1.54, 1.807) is 12.1 Å². The van der Waals surface area contributed by atoms with Gasteiger partial charge < -0.3 is 10.6 Å². The number of rotatable bonds is 5. The molecule has 2 aromatic carbocycles. The number of nitrogens with zero attached hydrogens (tertiary/aromatic N) is 1. The molecular formula is C21H19Cl2N3O2. The van der Waals surface area contributed by atoms with E-state index >= 15 is 0 Å². The van der Waals surface area contributed by atoms with Crippen molar-refractivity contribution in [3.8, 4) is 0 Å². The van der Waals surface area contributed by atoms with Gasteiger partial charge in [-0.1, -0.05) is 55.2 Å². The lowest BCUT2D eigenvalue weighted by Gasteiger charge is -2.22. The van der Waals surface area contributed by atoms with Gasteiger partial charge in [-0.15, -0.1) is 0 Å². The third-order valence-corrected chi connectivity index (χ3v) is 4.81. The highest BCUT2D eigenvalue weighted by molar-refractivity contribution is 6.36. The van der Waals surface area contributed by atoms with Gasteiger partial charge in [-0.3, -0.25) is 9.59 Å². The summed E-state index contributed by atoms with van der Waals surface area (Å²) in [6.45, 7) is 3.70. The first-order valence-corrected chi connectivity index (χ1v) is 9.53. The van der Waals surface area contributed by atoms with Gasteiger partial charge in [-0.2, -0.15) is 0 Å². The molecule has 0 radical (unpaired) electrons. The zero-order valence-corrected chi connectivity index (χ0v) is 16.9. The molecule has 144 valence electrons. The Balaban J connectivity index is 1.76. The summed E-state index contributed by atoms with van der Waals surface area (Å²) in [7, 11) is 0. The summed E-state index contributed by atoms with van der Waals surface area (Å²) in [6, 6.07) is 15.1. The number of halogens is 2. The standard InChI is InChI=1S/C21H19Cl2N3O2/c1-12(2)19(26-20(27)15-9-8-14(22)11-16(15)23)21(28)25-18-10-7-13-5-3-4-6-17(13)24-18/h3-12,19H,1-2H3,(H,26,27)(H,24,25,28)/t19-/m0/s1. The van der Waals surface area contributed by atoms with Crippen LogP contribution in [-0.4, -0.2) is 22.8 Å². The third-order valence-electron chi connectivity index (χ3n) is 4.26. The number of hydrogen-bond acceptors (Lipinski definition) is 3. The van der Waals surface area contributed by atoms with Crippen molar-refractivity contribution in [1.82, 2.24) is 10.3 Å². The Morgan fingerprint density at radius 2 is 1.75 bits per heavy atom. The highest BCUT2D eigenvalue weighted by atomic mass is 35.5. The van der Waals surface area contributed by atoms with Crippen LogP contribution in [0.3, 0.4) is 0 Å². The minimum absolute atomic E-state index is 0.143. The minimum atomic E-state index is -0.757. The molecule has 0 unspecified atom stereocenters. The molecule has 2 amide bonds. The summed E-state index contributed by atoms with van der Waals surface area (Å²) < 4.78 is 0. The summed E-state index contributed by atoms with van der Waals surface area (Å²) >= 11 is 12.0. The molecular weight excluding hydrogens is 397 g/mol. The van der Waals surface area contributed by atoms with Gasteiger partial charge in [0.1, 0.15) is 11.9 Å². The van der Waals surface area contributed by atoms with Gasteiger partial charge in [0.05, 0.1) is 16.1 Å². The molecule has 0 saturated carbocycles. The smallest absolute Gasteiger partial charge is 0.253 e. The van der Waals surface area contributed by atoms with Crippen LogP contribution in [0.4, 0.5) is 5.82 Å². The topological polar surface area (TPSA) is 71.1 Å². The van der Waals surface area contributed by atoms with E-state index in [1.165, 1.54) is 12.1 Å². The maximum Gasteiger partial charge on any atom is 0.253 e. The number of fused-ring (bicyclic) bond motifs is 1. The van der Waals surface area contributed by atoms with Crippen molar-refractivity contribution in [2.75, 3.05) is 5.32 Å². The Labute approximate surface area is 173 Å². The second-order valence-corrected chi connectivity index (χ2v) is 7.54. The lowest BCUT2D eigenvalue weighted by atomic mass is 10.0. The first-order valence-electron chi connectivity index (χ1n) is 8.77. The number of anilines is 1. The van der Waals surface area contributed by atoms with Crippen molar-refractivity contribution in [3.05, 3.63) is 70.2 Å². The minimum Gasteiger partial charge on any atom is -0.340 e. The van der Waals surface area contributed by atoms with Crippen molar-refractivity contribution in [2.45, 2.75) is 19.9 Å². The zero-order chi connectivity index (χ0) is 20.3. The van der Waals surface area contributed by atoms with Crippen LogP contribution >= 0.6 is 23.2 Å². The Morgan fingerprint density at radius 3 is 2.46 bits per heavy atom. The Hall–Kier alpha value is -2.63. The molecule has 0 aliphatic heterocycles. The molecule has 2 N–H and O–H groups in total. The number of amides is 2. The fourth-order valence-corrected chi connectivity index (χ4v) is 3.26. The molecule has 1 aromatic heterocycles. The van der Waals surface area contributed by atoms with E-state index in [0.29, 0.717) is 10.8 Å². The first kappa shape index (κ1) is 20.1. The SMILES string of the molecule is CC(C)[C@H](NC(=O)c1ccc(Cl)cc1Cl)C(=O)Nc1ccc2ccccc2n1. The van der Waals surface area contributed by atoms with Crippen LogP contribution < -0.4 is 10.6 Å². The molecule has 0 saturated heterocycles.